The van der Waals surface area contributed by atoms with E-state index in [4.69, 9.17) is 9.47 Å². The summed E-state index contributed by atoms with van der Waals surface area (Å²) in [5.41, 5.74) is 0.498. The molecule has 0 radical (unpaired) electrons. The van der Waals surface area contributed by atoms with E-state index >= 15 is 19.2 Å². The molecule has 68 heavy (non-hydrogen) atoms. The van der Waals surface area contributed by atoms with Crippen LogP contribution in [0, 0.1) is 17.8 Å². The number of ether oxygens (including phenoxy) is 2. The number of cyclic esters (lactones) is 1. The van der Waals surface area contributed by atoms with E-state index < -0.39 is 71.0 Å². The highest BCUT2D eigenvalue weighted by Crippen LogP contribution is 2.66. The summed E-state index contributed by atoms with van der Waals surface area (Å²) in [6.45, 7) is 5.41. The van der Waals surface area contributed by atoms with Crippen molar-refractivity contribution in [2.45, 2.75) is 86.7 Å². The maximum Gasteiger partial charge on any atom is 0.329 e. The van der Waals surface area contributed by atoms with Crippen LogP contribution in [0.5, 0.6) is 5.75 Å². The summed E-state index contributed by atoms with van der Waals surface area (Å²) in [5, 5.41) is 27.5. The average molecular weight is 913 g/mol. The zero-order valence-electron chi connectivity index (χ0n) is 38.1. The van der Waals surface area contributed by atoms with Gasteiger partial charge in [0.2, 0.25) is 11.8 Å². The lowest BCUT2D eigenvalue weighted by Gasteiger charge is -2.46. The zero-order valence-corrected chi connectivity index (χ0v) is 38.1. The Morgan fingerprint density at radius 1 is 0.853 bits per heavy atom. The van der Waals surface area contributed by atoms with Crippen LogP contribution in [0.15, 0.2) is 146 Å². The van der Waals surface area contributed by atoms with Gasteiger partial charge in [-0.1, -0.05) is 134 Å². The third-order valence-corrected chi connectivity index (χ3v) is 13.9. The number of amides is 4. The van der Waals surface area contributed by atoms with Gasteiger partial charge in [0.05, 0.1) is 36.3 Å². The monoisotopic (exact) mass is 912 g/mol. The molecule has 1 saturated carbocycles. The largest absolute Gasteiger partial charge is 0.491 e. The number of hydrogen-bond donors (Lipinski definition) is 4. The first kappa shape index (κ1) is 46.1. The molecule has 0 bridgehead atoms. The number of carbonyl (C=O) groups excluding carboxylic acids is 4. The minimum absolute atomic E-state index is 0.0149. The Bertz CT molecular complexity index is 2730. The zero-order chi connectivity index (χ0) is 47.4. The summed E-state index contributed by atoms with van der Waals surface area (Å²) in [4.78, 5) is 65.5. The van der Waals surface area contributed by atoms with Gasteiger partial charge in [0, 0.05) is 12.1 Å². The highest BCUT2D eigenvalue weighted by Gasteiger charge is 2.75. The van der Waals surface area contributed by atoms with Gasteiger partial charge < -0.3 is 30.3 Å². The van der Waals surface area contributed by atoms with Crippen LogP contribution >= 0.6 is 0 Å². The number of esters is 1. The molecule has 1 spiro atoms. The van der Waals surface area contributed by atoms with Crippen LogP contribution in [-0.2, 0) is 24.5 Å². The molecule has 12 nitrogen and oxygen atoms in total. The Labute approximate surface area is 397 Å². The van der Waals surface area contributed by atoms with E-state index in [-0.39, 0.29) is 25.4 Å². The van der Waals surface area contributed by atoms with Crippen molar-refractivity contribution in [3.63, 3.8) is 0 Å². The molecule has 5 aromatic rings. The minimum Gasteiger partial charge on any atom is -0.491 e. The number of nitrogens with zero attached hydrogens (tertiary/aromatic N) is 2. The van der Waals surface area contributed by atoms with Crippen molar-refractivity contribution >= 4 is 29.5 Å². The lowest BCUT2D eigenvalue weighted by atomic mass is 9.65. The summed E-state index contributed by atoms with van der Waals surface area (Å²) in [5.74, 6) is 3.21. The van der Waals surface area contributed by atoms with Crippen LogP contribution in [-0.4, -0.2) is 70.3 Å². The first-order valence-corrected chi connectivity index (χ1v) is 23.5. The fourth-order valence-electron chi connectivity index (χ4n) is 10.9. The summed E-state index contributed by atoms with van der Waals surface area (Å²) in [7, 11) is 0. The van der Waals surface area contributed by atoms with E-state index in [1.54, 1.807) is 36.4 Å². The van der Waals surface area contributed by atoms with E-state index in [1.807, 2.05) is 109 Å². The molecule has 12 heteroatoms. The van der Waals surface area contributed by atoms with Crippen molar-refractivity contribution in [2.75, 3.05) is 24.7 Å². The molecule has 0 unspecified atom stereocenters. The van der Waals surface area contributed by atoms with Crippen molar-refractivity contribution in [3.8, 4) is 17.6 Å². The predicted octanol–water partition coefficient (Wildman–Crippen LogP) is 7.93. The third-order valence-electron chi connectivity index (χ3n) is 13.9. The number of aliphatic hydroxyl groups is 2. The van der Waals surface area contributed by atoms with Crippen LogP contribution in [0.1, 0.15) is 103 Å². The number of morpholine rings is 1. The molecule has 3 fully saturated rings. The summed E-state index contributed by atoms with van der Waals surface area (Å²) >= 11 is 0. The molecule has 7 atom stereocenters. The maximum atomic E-state index is 16.6. The van der Waals surface area contributed by atoms with Crippen molar-refractivity contribution < 1.29 is 38.9 Å². The van der Waals surface area contributed by atoms with Gasteiger partial charge in [-0.15, -0.1) is 6.58 Å². The summed E-state index contributed by atoms with van der Waals surface area (Å²) in [6, 6.07) is 36.0. The van der Waals surface area contributed by atoms with Crippen LogP contribution in [0.25, 0.3) is 0 Å². The third kappa shape index (κ3) is 8.47. The van der Waals surface area contributed by atoms with Gasteiger partial charge in [-0.3, -0.25) is 19.3 Å². The van der Waals surface area contributed by atoms with Gasteiger partial charge in [0.25, 0.3) is 0 Å². The number of urea groups is 1. The van der Waals surface area contributed by atoms with Gasteiger partial charge in [-0.25, -0.2) is 9.69 Å². The van der Waals surface area contributed by atoms with Crippen LogP contribution in [0.3, 0.4) is 0 Å². The highest BCUT2D eigenvalue weighted by atomic mass is 16.6. The summed E-state index contributed by atoms with van der Waals surface area (Å²) in [6.07, 6.45) is 5.33. The van der Waals surface area contributed by atoms with E-state index in [9.17, 15) is 10.2 Å². The van der Waals surface area contributed by atoms with Crippen molar-refractivity contribution in [2.24, 2.45) is 5.92 Å². The molecule has 4 N–H and O–H groups in total. The second kappa shape index (κ2) is 19.7. The number of carbonyl (C=O) groups is 4. The molecule has 2 saturated heterocycles. The average Bonchev–Trinajstić information content (AvgIpc) is 3.70. The highest BCUT2D eigenvalue weighted by molar-refractivity contribution is 6.24. The fourth-order valence-corrected chi connectivity index (χ4v) is 10.9. The molecule has 4 aliphatic rings. The second-order valence-corrected chi connectivity index (χ2v) is 18.1. The van der Waals surface area contributed by atoms with Crippen LogP contribution in [0.4, 0.5) is 10.5 Å². The van der Waals surface area contributed by atoms with E-state index in [2.05, 4.69) is 29.1 Å². The molecule has 3 aliphatic heterocycles. The molecule has 9 rings (SSSR count). The molecule has 3 heterocycles. The minimum atomic E-state index is -2.03. The molecular weight excluding hydrogens is 857 g/mol. The predicted molar refractivity (Wildman–Crippen MR) is 257 cm³/mol. The fraction of sp³-hybridized carbons (Fsp3) is 0.321. The molecule has 5 aromatic carbocycles. The quantitative estimate of drug-likeness (QED) is 0.0447. The molecule has 348 valence electrons. The Kier molecular flexibility index (Phi) is 13.3. The molecule has 0 aromatic heterocycles. The summed E-state index contributed by atoms with van der Waals surface area (Å²) < 4.78 is 12.6. The van der Waals surface area contributed by atoms with E-state index in [1.165, 1.54) is 6.08 Å². The van der Waals surface area contributed by atoms with Gasteiger partial charge in [-0.05, 0) is 90.8 Å². The number of nitrogens with one attached hydrogen (secondary N) is 2. The Morgan fingerprint density at radius 3 is 2.19 bits per heavy atom. The molecular formula is C56H56N4O8. The lowest BCUT2D eigenvalue weighted by Crippen LogP contribution is -2.56. The number of imide groups is 1. The lowest BCUT2D eigenvalue weighted by molar-refractivity contribution is -0.178. The Morgan fingerprint density at radius 2 is 1.51 bits per heavy atom. The molecule has 4 amide bonds. The van der Waals surface area contributed by atoms with Gasteiger partial charge in [-0.2, -0.15) is 0 Å². The van der Waals surface area contributed by atoms with E-state index in [0.717, 1.165) is 41.7 Å². The number of anilines is 1. The SMILES string of the molecule is C=CCNC(=O)[C@H]1[C@@H]2C(=O)O[C@@H](c3ccccc3)[C@@H](c3ccccc3)N2[C@@H](c2cccc(OCCO)c2)[C@]12C(=O)N(C(=O)N[C@H](C)c1ccccc1)c1ccc(C#CC3(O)CCCCCC3)cc12. The van der Waals surface area contributed by atoms with Gasteiger partial charge >= 0.3 is 12.0 Å². The number of rotatable bonds is 11. The van der Waals surface area contributed by atoms with Gasteiger partial charge in [0.1, 0.15) is 35.5 Å². The van der Waals surface area contributed by atoms with E-state index in [0.29, 0.717) is 40.8 Å². The first-order chi connectivity index (χ1) is 33.1. The maximum absolute atomic E-state index is 16.6. The number of hydrogen-bond acceptors (Lipinski definition) is 9. The van der Waals surface area contributed by atoms with Crippen LogP contribution in [0.2, 0.25) is 0 Å². The molecule has 1 aliphatic carbocycles. The number of aliphatic hydroxyl groups excluding tert-OH is 1. The first-order valence-electron chi connectivity index (χ1n) is 23.5. The van der Waals surface area contributed by atoms with Crippen molar-refractivity contribution in [1.29, 1.82) is 0 Å². The standard InChI is InChI=1S/C56H56N4O8/c1-3-32-57-51(62)46-48-52(63)68-49(41-22-13-8-14-23-41)47(40-20-11-7-12-21-40)60(48)50(42-24-17-25-43(36-42)67-34-33-61)56(46)44-35-38(28-31-55(66)29-15-4-5-16-30-55)26-27-45(44)59(53(56)64)54(65)58-37(2)39-18-9-6-10-19-39/h3,6-14,17-27,35-37,46-50,61,66H,1,4-5,15-16,29-30,32-34H2,2H3,(H,57,62)(H,58,65)/t37-,46-,47-,48-,49+,50+,56-/m1/s1. The van der Waals surface area contributed by atoms with Crippen molar-refractivity contribution in [3.05, 3.63) is 179 Å². The van der Waals surface area contributed by atoms with Crippen LogP contribution < -0.4 is 20.3 Å². The Hall–Kier alpha value is -7.04. The smallest absolute Gasteiger partial charge is 0.329 e. The van der Waals surface area contributed by atoms with Crippen molar-refractivity contribution in [1.82, 2.24) is 15.5 Å². The number of benzene rings is 5. The second-order valence-electron chi connectivity index (χ2n) is 18.1. The van der Waals surface area contributed by atoms with Gasteiger partial charge in [0.15, 0.2) is 0 Å². The normalized spacial score (nSPS) is 24.3. The Balaban J connectivity index is 1.34. The topological polar surface area (TPSA) is 158 Å². The number of fused-ring (bicyclic) bond motifs is 3.